The van der Waals surface area contributed by atoms with E-state index in [1.165, 1.54) is 28.9 Å². The van der Waals surface area contributed by atoms with Crippen LogP contribution in [-0.4, -0.2) is 56.1 Å². The van der Waals surface area contributed by atoms with E-state index >= 15 is 0 Å². The lowest BCUT2D eigenvalue weighted by Crippen LogP contribution is -2.33. The number of aliphatic hydroxyl groups excluding tert-OH is 1. The maximum atomic E-state index is 13.2. The van der Waals surface area contributed by atoms with Gasteiger partial charge >= 0.3 is 0 Å². The van der Waals surface area contributed by atoms with Crippen LogP contribution in [0.4, 0.5) is 4.39 Å². The molecule has 1 aliphatic heterocycles. The summed E-state index contributed by atoms with van der Waals surface area (Å²) in [6.45, 7) is 1.15. The van der Waals surface area contributed by atoms with Crippen LogP contribution in [-0.2, 0) is 34.5 Å². The van der Waals surface area contributed by atoms with Crippen molar-refractivity contribution < 1.29 is 22.7 Å². The Morgan fingerprint density at radius 2 is 2.03 bits per heavy atom. The summed E-state index contributed by atoms with van der Waals surface area (Å²) >= 11 is 6.18. The van der Waals surface area contributed by atoms with Crippen molar-refractivity contribution >= 4 is 27.5 Å². The lowest BCUT2D eigenvalue weighted by atomic mass is 9.98. The number of carbonyl (C=O) groups is 1. The number of hydrogen-bond acceptors (Lipinski definition) is 6. The fraction of sp³-hybridized carbons (Fsp3) is 0.350. The van der Waals surface area contributed by atoms with Crippen LogP contribution in [0.15, 0.2) is 47.8 Å². The molecule has 1 N–H and O–H groups in total. The van der Waals surface area contributed by atoms with Gasteiger partial charge in [-0.25, -0.2) is 4.39 Å². The molecule has 1 unspecified atom stereocenters. The summed E-state index contributed by atoms with van der Waals surface area (Å²) in [5, 5.41) is 18.2. The molecule has 12 heteroatoms. The van der Waals surface area contributed by atoms with Gasteiger partial charge in [0.2, 0.25) is 5.91 Å². The molecule has 1 aliphatic rings. The molecule has 0 saturated carbocycles. The molecule has 0 bridgehead atoms. The Kier molecular flexibility index (Phi) is 6.06. The Morgan fingerprint density at radius 3 is 2.69 bits per heavy atom. The van der Waals surface area contributed by atoms with Crippen molar-refractivity contribution in [2.45, 2.75) is 43.5 Å². The molecule has 0 fully saturated rings. The van der Waals surface area contributed by atoms with Gasteiger partial charge < -0.3 is 10.0 Å². The van der Waals surface area contributed by atoms with Crippen LogP contribution < -0.4 is 0 Å². The third kappa shape index (κ3) is 4.15. The molecule has 0 spiro atoms. The van der Waals surface area contributed by atoms with Gasteiger partial charge in [0.1, 0.15) is 11.1 Å². The second kappa shape index (κ2) is 8.64. The number of benzene rings is 1. The van der Waals surface area contributed by atoms with Crippen molar-refractivity contribution in [1.29, 1.82) is 0 Å². The van der Waals surface area contributed by atoms with Crippen molar-refractivity contribution in [3.8, 4) is 0 Å². The first-order valence-electron chi connectivity index (χ1n) is 9.84. The highest BCUT2D eigenvalue weighted by Crippen LogP contribution is 2.30. The SMILES string of the molecule is CC(F)Cn1cc(S(=O)(=O)n2cc3c(n2)CN(C(=O)[C@H](CO)c2ccccc2Cl)C3)cn1. The van der Waals surface area contributed by atoms with E-state index in [2.05, 4.69) is 10.2 Å². The summed E-state index contributed by atoms with van der Waals surface area (Å²) < 4.78 is 40.9. The van der Waals surface area contributed by atoms with Crippen molar-refractivity contribution in [3.05, 3.63) is 64.7 Å². The molecule has 0 saturated heterocycles. The molecule has 0 radical (unpaired) electrons. The van der Waals surface area contributed by atoms with Gasteiger partial charge in [-0.1, -0.05) is 29.8 Å². The van der Waals surface area contributed by atoms with E-state index < -0.39 is 28.7 Å². The molecule has 170 valence electrons. The van der Waals surface area contributed by atoms with E-state index in [1.807, 2.05) is 0 Å². The van der Waals surface area contributed by atoms with E-state index in [-0.39, 0.29) is 30.4 Å². The van der Waals surface area contributed by atoms with Crippen molar-refractivity contribution in [3.63, 3.8) is 0 Å². The lowest BCUT2D eigenvalue weighted by Gasteiger charge is -2.22. The minimum Gasteiger partial charge on any atom is -0.395 e. The number of halogens is 2. The Morgan fingerprint density at radius 1 is 1.28 bits per heavy atom. The van der Waals surface area contributed by atoms with Crippen LogP contribution in [0.3, 0.4) is 0 Å². The quantitative estimate of drug-likeness (QED) is 0.552. The molecule has 2 atom stereocenters. The Bertz CT molecular complexity index is 1230. The number of amides is 1. The highest BCUT2D eigenvalue weighted by atomic mass is 35.5. The van der Waals surface area contributed by atoms with Crippen molar-refractivity contribution in [2.75, 3.05) is 6.61 Å². The fourth-order valence-corrected chi connectivity index (χ4v) is 5.03. The van der Waals surface area contributed by atoms with E-state index in [0.29, 0.717) is 21.8 Å². The molecule has 0 aliphatic carbocycles. The fourth-order valence-electron chi connectivity index (χ4n) is 3.64. The number of alkyl halides is 1. The van der Waals surface area contributed by atoms with Gasteiger partial charge in [-0.15, -0.1) is 0 Å². The number of aromatic nitrogens is 4. The molecule has 32 heavy (non-hydrogen) atoms. The third-order valence-corrected chi connectivity index (χ3v) is 7.05. The Hall–Kier alpha value is -2.76. The number of fused-ring (bicyclic) bond motifs is 1. The van der Waals surface area contributed by atoms with E-state index in [1.54, 1.807) is 24.3 Å². The molecule has 2 aromatic heterocycles. The van der Waals surface area contributed by atoms with Crippen LogP contribution in [0.25, 0.3) is 0 Å². The summed E-state index contributed by atoms with van der Waals surface area (Å²) in [6, 6.07) is 6.81. The number of carbonyl (C=O) groups excluding carboxylic acids is 1. The van der Waals surface area contributed by atoms with Crippen LogP contribution in [0.1, 0.15) is 29.7 Å². The first-order chi connectivity index (χ1) is 15.2. The average molecular weight is 482 g/mol. The first kappa shape index (κ1) is 22.4. The van der Waals surface area contributed by atoms with Crippen LogP contribution in [0.2, 0.25) is 5.02 Å². The standard InChI is InChI=1S/C20H21ClFN5O4S/c1-13(22)7-26-10-15(6-23-26)32(30,31)27-9-14-8-25(11-19(14)24-27)20(29)17(12-28)16-4-2-3-5-18(16)21/h2-6,9-10,13,17,28H,7-8,11-12H2,1H3/t13?,17-/m1/s1. The molecule has 3 heterocycles. The molecule has 3 aromatic rings. The Balaban J connectivity index is 1.52. The van der Waals surface area contributed by atoms with Crippen LogP contribution in [0.5, 0.6) is 0 Å². The van der Waals surface area contributed by atoms with E-state index in [4.69, 9.17) is 11.6 Å². The second-order valence-corrected chi connectivity index (χ2v) is 9.81. The summed E-state index contributed by atoms with van der Waals surface area (Å²) in [5.74, 6) is -1.15. The van der Waals surface area contributed by atoms with Gasteiger partial charge in [0, 0.05) is 29.5 Å². The number of rotatable bonds is 7. The van der Waals surface area contributed by atoms with Crippen LogP contribution >= 0.6 is 11.6 Å². The highest BCUT2D eigenvalue weighted by molar-refractivity contribution is 7.89. The zero-order chi connectivity index (χ0) is 23.0. The summed E-state index contributed by atoms with van der Waals surface area (Å²) in [5.41, 5.74) is 1.56. The first-order valence-corrected chi connectivity index (χ1v) is 11.7. The third-order valence-electron chi connectivity index (χ3n) is 5.22. The van der Waals surface area contributed by atoms with Gasteiger partial charge in [0.25, 0.3) is 10.0 Å². The smallest absolute Gasteiger partial charge is 0.286 e. The van der Waals surface area contributed by atoms with Crippen LogP contribution in [0, 0.1) is 0 Å². The molecule has 9 nitrogen and oxygen atoms in total. The number of nitrogens with zero attached hydrogens (tertiary/aromatic N) is 5. The zero-order valence-corrected chi connectivity index (χ0v) is 18.7. The normalized spacial score (nSPS) is 15.6. The maximum absolute atomic E-state index is 13.2. The average Bonchev–Trinajstić information content (AvgIpc) is 3.44. The molecule has 1 aromatic carbocycles. The van der Waals surface area contributed by atoms with E-state index in [9.17, 15) is 22.7 Å². The maximum Gasteiger partial charge on any atom is 0.286 e. The van der Waals surface area contributed by atoms with Gasteiger partial charge in [-0.05, 0) is 18.6 Å². The van der Waals surface area contributed by atoms with E-state index in [0.717, 1.165) is 10.3 Å². The van der Waals surface area contributed by atoms with Crippen molar-refractivity contribution in [2.24, 2.45) is 0 Å². The lowest BCUT2D eigenvalue weighted by molar-refractivity contribution is -0.134. The summed E-state index contributed by atoms with van der Waals surface area (Å²) in [7, 11) is -4.00. The topological polar surface area (TPSA) is 110 Å². The Labute approximate surface area is 189 Å². The highest BCUT2D eigenvalue weighted by Gasteiger charge is 2.34. The molecular formula is C20H21ClFN5O4S. The van der Waals surface area contributed by atoms with Gasteiger partial charge in [-0.2, -0.15) is 22.7 Å². The predicted octanol–water partition coefficient (Wildman–Crippen LogP) is 1.95. The number of hydrogen-bond donors (Lipinski definition) is 1. The summed E-state index contributed by atoms with van der Waals surface area (Å²) in [6.07, 6.45) is 2.59. The predicted molar refractivity (Wildman–Crippen MR) is 113 cm³/mol. The minimum atomic E-state index is -4.00. The molecule has 1 amide bonds. The van der Waals surface area contributed by atoms with Gasteiger partial charge in [-0.3, -0.25) is 9.48 Å². The zero-order valence-electron chi connectivity index (χ0n) is 17.1. The molecular weight excluding hydrogens is 461 g/mol. The monoisotopic (exact) mass is 481 g/mol. The van der Waals surface area contributed by atoms with Gasteiger partial charge in [0.15, 0.2) is 0 Å². The minimum absolute atomic E-state index is 0.0559. The molecule has 4 rings (SSSR count). The van der Waals surface area contributed by atoms with Crippen molar-refractivity contribution in [1.82, 2.24) is 23.9 Å². The summed E-state index contributed by atoms with van der Waals surface area (Å²) in [4.78, 5) is 14.4. The largest absolute Gasteiger partial charge is 0.395 e. The van der Waals surface area contributed by atoms with Gasteiger partial charge in [0.05, 0.1) is 37.5 Å². The number of aliphatic hydroxyl groups is 1. The second-order valence-electron chi connectivity index (χ2n) is 7.61.